The molecule has 2 aromatic carbocycles. The minimum atomic E-state index is -0.540. The van der Waals surface area contributed by atoms with E-state index >= 15 is 0 Å². The van der Waals surface area contributed by atoms with E-state index in [1.807, 2.05) is 6.07 Å². The largest absolute Gasteiger partial charge is 0.481 e. The number of allylic oxidation sites excluding steroid dienone is 2. The van der Waals surface area contributed by atoms with Crippen LogP contribution < -0.4 is 30.0 Å². The van der Waals surface area contributed by atoms with Crippen LogP contribution >= 0.6 is 0 Å². The molecule has 5 N–H and O–H groups in total. The molecule has 12 aliphatic rings. The Morgan fingerprint density at radius 2 is 0.989 bits per heavy atom. The van der Waals surface area contributed by atoms with Gasteiger partial charge in [0.25, 0.3) is 0 Å². The van der Waals surface area contributed by atoms with Gasteiger partial charge in [-0.15, -0.1) is 0 Å². The Kier molecular flexibility index (Phi) is 15.6. The second-order valence-electron chi connectivity index (χ2n) is 34.0. The van der Waals surface area contributed by atoms with Gasteiger partial charge in [-0.2, -0.15) is 0 Å². The van der Waals surface area contributed by atoms with E-state index in [9.17, 15) is 24.6 Å². The fourth-order valence-electron chi connectivity index (χ4n) is 25.7. The van der Waals surface area contributed by atoms with E-state index in [1.54, 1.807) is 18.2 Å². The SMILES string of the molecule is C=C(C)[C@@H]1CC[C@]2(C(=O)O)CC[C@]3(C)[C@H](CC[C@@H]4[C@@]5(C)CCC(N)C(C)(C)[C@@H]5CC[C@]43C)[C@@H]12.C=C(C)[C@@H]1CC[C@]2(C(=O)O)CC[C@]3(C)[C@H](CC[C@@H]4[C@@]5(C)CC[C@H](NCc6ccc7c(c6)OCO7)C(C)(C)[C@@H]5CC[C@]43C)[C@@H]12.O=Cc1ccc2c(c1)OCO2. The molecule has 10 aliphatic carbocycles. The molecular weight excluding hydrogens is 1080 g/mol. The Morgan fingerprint density at radius 3 is 1.47 bits per heavy atom. The Labute approximate surface area is 522 Å². The normalized spacial score (nSPS) is 45.2. The highest BCUT2D eigenvalue weighted by Crippen LogP contribution is 2.80. The van der Waals surface area contributed by atoms with Crippen LogP contribution in [-0.2, 0) is 16.1 Å². The molecule has 1 unspecified atom stereocenters. The number of hydrogen-bond donors (Lipinski definition) is 4. The third kappa shape index (κ3) is 9.10. The Hall–Kier alpha value is -4.35. The van der Waals surface area contributed by atoms with Gasteiger partial charge in [0.15, 0.2) is 23.0 Å². The van der Waals surface area contributed by atoms with Crippen LogP contribution in [0.4, 0.5) is 0 Å². The van der Waals surface area contributed by atoms with E-state index in [-0.39, 0.29) is 51.1 Å². The summed E-state index contributed by atoms with van der Waals surface area (Å²) in [7, 11) is 0. The van der Waals surface area contributed by atoms with Crippen molar-refractivity contribution >= 4 is 18.2 Å². The first kappa shape index (κ1) is 62.8. The Bertz CT molecular complexity index is 3060. The van der Waals surface area contributed by atoms with Crippen molar-refractivity contribution < 1.29 is 43.5 Å². The van der Waals surface area contributed by atoms with Gasteiger partial charge >= 0.3 is 11.9 Å². The summed E-state index contributed by atoms with van der Waals surface area (Å²) in [6.07, 6.45) is 23.3. The van der Waals surface area contributed by atoms with Crippen molar-refractivity contribution in [3.05, 3.63) is 71.8 Å². The molecule has 10 fully saturated rings. The minimum Gasteiger partial charge on any atom is -0.481 e. The summed E-state index contributed by atoms with van der Waals surface area (Å²) in [4.78, 5) is 36.0. The van der Waals surface area contributed by atoms with Crippen LogP contribution in [-0.4, -0.2) is 54.1 Å². The fraction of sp³-hybridized carbons (Fsp3) is 0.750. The summed E-state index contributed by atoms with van der Waals surface area (Å²) in [6.45, 7) is 40.2. The second kappa shape index (κ2) is 21.6. The number of aliphatic carboxylic acids is 2. The number of aldehydes is 1. The number of carboxylic acids is 2. The molecule has 10 saturated carbocycles. The maximum absolute atomic E-state index is 13.0. The zero-order chi connectivity index (χ0) is 62.5. The average Bonchev–Trinajstić information content (AvgIpc) is 1.38. The van der Waals surface area contributed by atoms with Crippen LogP contribution in [0.15, 0.2) is 60.7 Å². The van der Waals surface area contributed by atoms with E-state index in [2.05, 4.69) is 114 Å². The lowest BCUT2D eigenvalue weighted by molar-refractivity contribution is -0.240. The molecule has 20 atom stereocenters. The lowest BCUT2D eigenvalue weighted by Crippen LogP contribution is -2.67. The predicted molar refractivity (Wildman–Crippen MR) is 342 cm³/mol. The van der Waals surface area contributed by atoms with Gasteiger partial charge in [0.05, 0.1) is 10.8 Å². The van der Waals surface area contributed by atoms with Crippen LogP contribution in [0.25, 0.3) is 0 Å². The number of carbonyl (C=O) groups is 3. The summed E-state index contributed by atoms with van der Waals surface area (Å²) < 4.78 is 21.3. The minimum absolute atomic E-state index is 0.185. The third-order valence-corrected chi connectivity index (χ3v) is 30.7. The van der Waals surface area contributed by atoms with Gasteiger partial charge in [0.1, 0.15) is 6.29 Å². The maximum Gasteiger partial charge on any atom is 0.309 e. The molecule has 2 aromatic rings. The van der Waals surface area contributed by atoms with Crippen LogP contribution in [0.3, 0.4) is 0 Å². The zero-order valence-electron chi connectivity index (χ0n) is 55.5. The molecule has 0 aromatic heterocycles. The molecule has 2 aliphatic heterocycles. The van der Waals surface area contributed by atoms with E-state index < -0.39 is 22.8 Å². The summed E-state index contributed by atoms with van der Waals surface area (Å²) in [5.41, 5.74) is 11.9. The van der Waals surface area contributed by atoms with Gasteiger partial charge < -0.3 is 40.2 Å². The van der Waals surface area contributed by atoms with Gasteiger partial charge in [0.2, 0.25) is 13.6 Å². The molecule has 2 heterocycles. The maximum atomic E-state index is 13.0. The molecule has 11 nitrogen and oxygen atoms in total. The highest BCUT2D eigenvalue weighted by atomic mass is 16.7. The van der Waals surface area contributed by atoms with Crippen molar-refractivity contribution in [2.24, 2.45) is 119 Å². The number of ether oxygens (including phenoxy) is 4. The molecule has 478 valence electrons. The molecule has 0 spiro atoms. The second-order valence-corrected chi connectivity index (χ2v) is 34.0. The molecule has 87 heavy (non-hydrogen) atoms. The highest BCUT2D eigenvalue weighted by molar-refractivity contribution is 5.77. The monoisotopic (exact) mass is 1190 g/mol. The van der Waals surface area contributed by atoms with Crippen molar-refractivity contribution in [3.63, 3.8) is 0 Å². The summed E-state index contributed by atoms with van der Waals surface area (Å²) in [5, 5.41) is 25.2. The Morgan fingerprint density at radius 1 is 0.529 bits per heavy atom. The number of nitrogens with two attached hydrogens (primary N) is 1. The number of carbonyl (C=O) groups excluding carboxylic acids is 1. The van der Waals surface area contributed by atoms with E-state index in [4.69, 9.17) is 24.7 Å². The number of carboxylic acid groups (broad SMARTS) is 2. The zero-order valence-corrected chi connectivity index (χ0v) is 55.5. The summed E-state index contributed by atoms with van der Waals surface area (Å²) in [5.74, 6) is 7.04. The topological polar surface area (TPSA) is 167 Å². The number of fused-ring (bicyclic) bond motifs is 16. The van der Waals surface area contributed by atoms with E-state index in [0.717, 1.165) is 88.0 Å². The van der Waals surface area contributed by atoms with E-state index in [1.165, 1.54) is 87.3 Å². The predicted octanol–water partition coefficient (Wildman–Crippen LogP) is 16.9. The summed E-state index contributed by atoms with van der Waals surface area (Å²) >= 11 is 0. The van der Waals surface area contributed by atoms with Gasteiger partial charge in [-0.1, -0.05) is 99.6 Å². The third-order valence-electron chi connectivity index (χ3n) is 30.7. The van der Waals surface area contributed by atoms with Gasteiger partial charge in [-0.25, -0.2) is 0 Å². The standard InChI is InChI=1S/C38H55NO4.C30H49NO2.C8H6O3/c1-23(2)25-12-17-38(33(40)41)19-18-36(6)26(32(25)38)9-11-30-35(5)15-14-31(34(3,4)29(35)13-16-37(30,36)7)39-21-24-8-10-27-28(20-24)43-22-42-27;1-18(2)19-10-15-30(25(32)33)17-16-28(6)20(24(19)30)8-9-22-27(5)13-12-23(31)26(3,4)21(27)11-14-29(22,28)7;9-4-6-1-2-7-8(3-6)11-5-10-7/h8,10,20,25-26,29-32,39H,1,9,11-19,21-22H2,2-7H3,(H,40,41);19-24H,1,8-17,31H2,2-7H3,(H,32,33);1-4H,5H2/t25-,26+,29-,30+,31-,32+,35-,36+,37+,38-;19-,20+,21-,22+,23?,24+,27-,28+,29+,30-;/m00./s1. The molecular formula is C76H110N2O9. The number of hydrogen-bond acceptors (Lipinski definition) is 9. The van der Waals surface area contributed by atoms with Gasteiger partial charge in [-0.3, -0.25) is 14.4 Å². The van der Waals surface area contributed by atoms with Crippen molar-refractivity contribution in [1.29, 1.82) is 0 Å². The van der Waals surface area contributed by atoms with Crippen molar-refractivity contribution in [3.8, 4) is 23.0 Å². The van der Waals surface area contributed by atoms with Crippen molar-refractivity contribution in [2.75, 3.05) is 13.6 Å². The van der Waals surface area contributed by atoms with E-state index in [0.29, 0.717) is 88.2 Å². The number of benzene rings is 2. The first-order valence-electron chi connectivity index (χ1n) is 34.4. The summed E-state index contributed by atoms with van der Waals surface area (Å²) in [6, 6.07) is 12.2. The van der Waals surface area contributed by atoms with Crippen LogP contribution in [0.5, 0.6) is 23.0 Å². The molecule has 0 bridgehead atoms. The van der Waals surface area contributed by atoms with Gasteiger partial charge in [-0.05, 0) is 281 Å². The molecule has 0 amide bonds. The molecule has 14 rings (SSSR count). The number of nitrogens with one attached hydrogen (secondary N) is 1. The first-order chi connectivity index (χ1) is 40.9. The highest BCUT2D eigenvalue weighted by Gasteiger charge is 2.74. The first-order valence-corrected chi connectivity index (χ1v) is 34.4. The average molecular weight is 1200 g/mol. The van der Waals surface area contributed by atoms with Crippen LogP contribution in [0, 0.1) is 113 Å². The quantitative estimate of drug-likeness (QED) is 0.147. The lowest BCUT2D eigenvalue weighted by atomic mass is 9.32. The van der Waals surface area contributed by atoms with Crippen LogP contribution in [0.1, 0.15) is 227 Å². The van der Waals surface area contributed by atoms with Crippen molar-refractivity contribution in [2.45, 2.75) is 230 Å². The number of rotatable bonds is 8. The fourth-order valence-corrected chi connectivity index (χ4v) is 25.7. The lowest BCUT2D eigenvalue weighted by Gasteiger charge is -2.73. The Balaban J connectivity index is 0.000000148. The van der Waals surface area contributed by atoms with Gasteiger partial charge in [0, 0.05) is 24.2 Å². The van der Waals surface area contributed by atoms with Crippen LogP contribution in [0.2, 0.25) is 0 Å². The van der Waals surface area contributed by atoms with Crippen molar-refractivity contribution in [1.82, 2.24) is 5.32 Å². The molecule has 11 heteroatoms. The smallest absolute Gasteiger partial charge is 0.309 e. The molecule has 0 radical (unpaired) electrons. The molecule has 0 saturated heterocycles.